The molecule has 1 aliphatic heterocycles. The summed E-state index contributed by atoms with van der Waals surface area (Å²) in [6.45, 7) is 6.35. The Hall–Kier alpha value is -3.26. The first-order chi connectivity index (χ1) is 14.1. The number of nitrogens with zero attached hydrogens (tertiary/aromatic N) is 6. The van der Waals surface area contributed by atoms with Crippen molar-refractivity contribution in [3.63, 3.8) is 0 Å². The Morgan fingerprint density at radius 1 is 1.03 bits per heavy atom. The molecule has 150 valence electrons. The van der Waals surface area contributed by atoms with E-state index in [9.17, 15) is 4.79 Å². The normalized spacial score (nSPS) is 14.8. The minimum Gasteiger partial charge on any atom is -0.354 e. The van der Waals surface area contributed by atoms with E-state index in [1.54, 1.807) is 17.1 Å². The van der Waals surface area contributed by atoms with Crippen molar-refractivity contribution in [3.8, 4) is 5.82 Å². The summed E-state index contributed by atoms with van der Waals surface area (Å²) < 4.78 is 1.67. The van der Waals surface area contributed by atoms with Gasteiger partial charge in [-0.15, -0.1) is 0 Å². The predicted octanol–water partition coefficient (Wildman–Crippen LogP) is 1.65. The van der Waals surface area contributed by atoms with Gasteiger partial charge in [0.05, 0.1) is 17.5 Å². The number of carbonyl (C=O) groups is 1. The fourth-order valence-corrected chi connectivity index (χ4v) is 3.36. The fourth-order valence-electron chi connectivity index (χ4n) is 3.36. The molecule has 0 bridgehead atoms. The molecule has 8 nitrogen and oxygen atoms in total. The topological polar surface area (TPSA) is 79.2 Å². The lowest BCUT2D eigenvalue weighted by Crippen LogP contribution is -2.44. The van der Waals surface area contributed by atoms with Gasteiger partial charge in [-0.1, -0.05) is 12.1 Å². The Bertz CT molecular complexity index is 960. The van der Waals surface area contributed by atoms with E-state index in [4.69, 9.17) is 0 Å². The average molecular weight is 391 g/mol. The Balaban J connectivity index is 1.37. The van der Waals surface area contributed by atoms with Crippen LogP contribution in [0.3, 0.4) is 0 Å². The number of rotatable bonds is 5. The van der Waals surface area contributed by atoms with Crippen molar-refractivity contribution in [2.75, 3.05) is 38.1 Å². The quantitative estimate of drug-likeness (QED) is 0.713. The lowest BCUT2D eigenvalue weighted by Gasteiger charge is -2.33. The van der Waals surface area contributed by atoms with E-state index in [2.05, 4.69) is 37.2 Å². The number of likely N-dealkylation sites (N-methyl/N-ethyl adjacent to an activating group) is 1. The maximum atomic E-state index is 12.6. The molecule has 3 aromatic heterocycles. The van der Waals surface area contributed by atoms with Crippen molar-refractivity contribution in [2.24, 2.45) is 0 Å². The number of nitrogens with one attached hydrogen (secondary N) is 1. The highest BCUT2D eigenvalue weighted by molar-refractivity contribution is 5.95. The van der Waals surface area contributed by atoms with Gasteiger partial charge in [0.2, 0.25) is 0 Å². The Labute approximate surface area is 170 Å². The van der Waals surface area contributed by atoms with Crippen molar-refractivity contribution in [1.29, 1.82) is 0 Å². The highest BCUT2D eigenvalue weighted by Crippen LogP contribution is 2.15. The molecule has 1 saturated heterocycles. The Morgan fingerprint density at radius 3 is 2.55 bits per heavy atom. The lowest BCUT2D eigenvalue weighted by molar-refractivity contribution is 0.0950. The highest BCUT2D eigenvalue weighted by Gasteiger charge is 2.17. The first kappa shape index (κ1) is 19.1. The zero-order chi connectivity index (χ0) is 20.2. The molecular weight excluding hydrogens is 366 g/mol. The SMILES string of the molecule is Cc1c(C(=O)NCc2ccc(N3CCN(C)CC3)nc2)cnn1-c1ccccn1. The molecule has 0 aromatic carbocycles. The van der Waals surface area contributed by atoms with Crippen LogP contribution in [0.5, 0.6) is 0 Å². The molecule has 0 saturated carbocycles. The number of aromatic nitrogens is 4. The van der Waals surface area contributed by atoms with E-state index >= 15 is 0 Å². The van der Waals surface area contributed by atoms with Gasteiger partial charge in [0, 0.05) is 45.1 Å². The number of piperazine rings is 1. The van der Waals surface area contributed by atoms with Gasteiger partial charge in [0.1, 0.15) is 5.82 Å². The van der Waals surface area contributed by atoms with Crippen molar-refractivity contribution in [1.82, 2.24) is 30.0 Å². The van der Waals surface area contributed by atoms with Gasteiger partial charge >= 0.3 is 0 Å². The second-order valence-corrected chi connectivity index (χ2v) is 7.24. The van der Waals surface area contributed by atoms with Crippen LogP contribution in [0.4, 0.5) is 5.82 Å². The minimum atomic E-state index is -0.159. The summed E-state index contributed by atoms with van der Waals surface area (Å²) in [4.78, 5) is 26.1. The third-order valence-electron chi connectivity index (χ3n) is 5.21. The second-order valence-electron chi connectivity index (χ2n) is 7.24. The molecule has 0 spiro atoms. The molecule has 0 radical (unpaired) electrons. The van der Waals surface area contributed by atoms with Gasteiger partial charge in [-0.25, -0.2) is 14.6 Å². The van der Waals surface area contributed by atoms with E-state index in [0.717, 1.165) is 43.3 Å². The van der Waals surface area contributed by atoms with Crippen LogP contribution >= 0.6 is 0 Å². The molecular formula is C21H25N7O. The van der Waals surface area contributed by atoms with Crippen molar-refractivity contribution >= 4 is 11.7 Å². The first-order valence-electron chi connectivity index (χ1n) is 9.74. The molecule has 1 fully saturated rings. The lowest BCUT2D eigenvalue weighted by atomic mass is 10.2. The molecule has 0 unspecified atom stereocenters. The molecule has 29 heavy (non-hydrogen) atoms. The van der Waals surface area contributed by atoms with Crippen LogP contribution in [0.15, 0.2) is 48.9 Å². The monoisotopic (exact) mass is 391 g/mol. The third-order valence-corrected chi connectivity index (χ3v) is 5.21. The predicted molar refractivity (Wildman–Crippen MR) is 111 cm³/mol. The van der Waals surface area contributed by atoms with E-state index in [0.29, 0.717) is 17.9 Å². The van der Waals surface area contributed by atoms with E-state index in [1.807, 2.05) is 43.5 Å². The molecule has 0 aliphatic carbocycles. The van der Waals surface area contributed by atoms with Gasteiger partial charge in [-0.3, -0.25) is 4.79 Å². The summed E-state index contributed by atoms with van der Waals surface area (Å²) in [5, 5.41) is 7.26. The summed E-state index contributed by atoms with van der Waals surface area (Å²) in [6.07, 6.45) is 5.11. The van der Waals surface area contributed by atoms with Crippen molar-refractivity contribution in [2.45, 2.75) is 13.5 Å². The Morgan fingerprint density at radius 2 is 1.86 bits per heavy atom. The van der Waals surface area contributed by atoms with Gasteiger partial charge in [-0.05, 0) is 37.7 Å². The van der Waals surface area contributed by atoms with Crippen LogP contribution in [-0.4, -0.2) is 63.8 Å². The molecule has 4 heterocycles. The zero-order valence-electron chi connectivity index (χ0n) is 16.7. The number of hydrogen-bond donors (Lipinski definition) is 1. The van der Waals surface area contributed by atoms with Gasteiger partial charge < -0.3 is 15.1 Å². The van der Waals surface area contributed by atoms with Crippen molar-refractivity contribution in [3.05, 3.63) is 65.7 Å². The summed E-state index contributed by atoms with van der Waals surface area (Å²) in [5.74, 6) is 1.52. The smallest absolute Gasteiger partial charge is 0.255 e. The van der Waals surface area contributed by atoms with Crippen LogP contribution in [-0.2, 0) is 6.54 Å². The molecule has 0 atom stereocenters. The zero-order valence-corrected chi connectivity index (χ0v) is 16.7. The van der Waals surface area contributed by atoms with Crippen LogP contribution in [0.25, 0.3) is 5.82 Å². The molecule has 1 amide bonds. The minimum absolute atomic E-state index is 0.159. The summed E-state index contributed by atoms with van der Waals surface area (Å²) >= 11 is 0. The van der Waals surface area contributed by atoms with E-state index in [-0.39, 0.29) is 5.91 Å². The Kier molecular flexibility index (Phi) is 5.53. The summed E-state index contributed by atoms with van der Waals surface area (Å²) in [5.41, 5.74) is 2.26. The average Bonchev–Trinajstić information content (AvgIpc) is 3.15. The van der Waals surface area contributed by atoms with Crippen LogP contribution in [0, 0.1) is 6.92 Å². The summed E-state index contributed by atoms with van der Waals surface area (Å²) in [6, 6.07) is 9.64. The van der Waals surface area contributed by atoms with Crippen LogP contribution in [0.1, 0.15) is 21.6 Å². The van der Waals surface area contributed by atoms with Crippen molar-refractivity contribution < 1.29 is 4.79 Å². The summed E-state index contributed by atoms with van der Waals surface area (Å²) in [7, 11) is 2.14. The molecule has 8 heteroatoms. The van der Waals surface area contributed by atoms with E-state index in [1.165, 1.54) is 0 Å². The first-order valence-corrected chi connectivity index (χ1v) is 9.74. The number of anilines is 1. The van der Waals surface area contributed by atoms with Crippen LogP contribution in [0.2, 0.25) is 0 Å². The number of hydrogen-bond acceptors (Lipinski definition) is 6. The molecule has 3 aromatic rings. The molecule has 4 rings (SSSR count). The standard InChI is InChI=1S/C21H25N7O/c1-16-18(15-25-28(16)20-5-3-4-8-22-20)21(29)24-14-17-6-7-19(23-13-17)27-11-9-26(2)10-12-27/h3-8,13,15H,9-12,14H2,1-2H3,(H,24,29). The second kappa shape index (κ2) is 8.40. The maximum Gasteiger partial charge on any atom is 0.255 e. The van der Waals surface area contributed by atoms with E-state index < -0.39 is 0 Å². The number of amides is 1. The maximum absolute atomic E-state index is 12.6. The molecule has 1 aliphatic rings. The molecule has 1 N–H and O–H groups in total. The fraction of sp³-hybridized carbons (Fsp3) is 0.333. The van der Waals surface area contributed by atoms with Gasteiger partial charge in [0.15, 0.2) is 5.82 Å². The third kappa shape index (κ3) is 4.27. The largest absolute Gasteiger partial charge is 0.354 e. The van der Waals surface area contributed by atoms with Crippen LogP contribution < -0.4 is 10.2 Å². The number of carbonyl (C=O) groups excluding carboxylic acids is 1. The van der Waals surface area contributed by atoms with Gasteiger partial charge in [0.25, 0.3) is 5.91 Å². The number of pyridine rings is 2. The highest BCUT2D eigenvalue weighted by atomic mass is 16.1. The van der Waals surface area contributed by atoms with Gasteiger partial charge in [-0.2, -0.15) is 5.10 Å².